The van der Waals surface area contributed by atoms with E-state index in [4.69, 9.17) is 10.5 Å². The summed E-state index contributed by atoms with van der Waals surface area (Å²) in [6.07, 6.45) is 2.39. The third-order valence-electron chi connectivity index (χ3n) is 3.53. The van der Waals surface area contributed by atoms with Crippen molar-refractivity contribution in [1.82, 2.24) is 4.90 Å². The lowest BCUT2D eigenvalue weighted by atomic mass is 10.1. The number of nitrogen functional groups attached to an aromatic ring is 1. The monoisotopic (exact) mass is 265 g/mol. The highest BCUT2D eigenvalue weighted by Gasteiger charge is 2.20. The smallest absolute Gasteiger partial charge is 0.269 e. The van der Waals surface area contributed by atoms with Crippen molar-refractivity contribution in [2.75, 3.05) is 25.9 Å². The van der Waals surface area contributed by atoms with Crippen LogP contribution in [-0.4, -0.2) is 36.1 Å². The van der Waals surface area contributed by atoms with E-state index in [1.165, 1.54) is 6.07 Å². The van der Waals surface area contributed by atoms with Crippen molar-refractivity contribution in [3.05, 3.63) is 33.9 Å². The number of anilines is 1. The highest BCUT2D eigenvalue weighted by Crippen LogP contribution is 2.23. The summed E-state index contributed by atoms with van der Waals surface area (Å²) in [6, 6.07) is 4.60. The van der Waals surface area contributed by atoms with E-state index in [1.54, 1.807) is 19.2 Å². The third kappa shape index (κ3) is 3.42. The van der Waals surface area contributed by atoms with Crippen molar-refractivity contribution < 1.29 is 9.66 Å². The fraction of sp³-hybridized carbons (Fsp3) is 0.538. The van der Waals surface area contributed by atoms with Crippen molar-refractivity contribution in [3.8, 4) is 0 Å². The lowest BCUT2D eigenvalue weighted by Crippen LogP contribution is -2.38. The van der Waals surface area contributed by atoms with Crippen LogP contribution in [0.2, 0.25) is 0 Å². The molecule has 0 aromatic heterocycles. The van der Waals surface area contributed by atoms with Crippen LogP contribution >= 0.6 is 0 Å². The van der Waals surface area contributed by atoms with Gasteiger partial charge in [-0.2, -0.15) is 0 Å². The van der Waals surface area contributed by atoms with E-state index >= 15 is 0 Å². The summed E-state index contributed by atoms with van der Waals surface area (Å²) >= 11 is 0. The Bertz CT molecular complexity index is 464. The van der Waals surface area contributed by atoms with Crippen LogP contribution in [0.3, 0.4) is 0 Å². The highest BCUT2D eigenvalue weighted by atomic mass is 16.6. The maximum Gasteiger partial charge on any atom is 0.269 e. The Morgan fingerprint density at radius 3 is 3.05 bits per heavy atom. The van der Waals surface area contributed by atoms with Crippen LogP contribution in [0.5, 0.6) is 0 Å². The number of benzene rings is 1. The standard InChI is InChI=1S/C13H19N3O3/c1-19-12-3-2-6-15(9-12)8-10-7-11(16(17)18)4-5-13(10)14/h4-5,7,12H,2-3,6,8-9,14H2,1H3. The summed E-state index contributed by atoms with van der Waals surface area (Å²) in [5.41, 5.74) is 7.39. The predicted molar refractivity (Wildman–Crippen MR) is 72.8 cm³/mol. The number of nitro benzene ring substituents is 1. The number of nitro groups is 1. The molecule has 0 spiro atoms. The molecule has 1 aliphatic heterocycles. The largest absolute Gasteiger partial charge is 0.398 e. The van der Waals surface area contributed by atoms with E-state index in [-0.39, 0.29) is 11.8 Å². The first-order valence-corrected chi connectivity index (χ1v) is 6.38. The fourth-order valence-electron chi connectivity index (χ4n) is 2.43. The molecule has 1 heterocycles. The fourth-order valence-corrected chi connectivity index (χ4v) is 2.43. The molecule has 0 radical (unpaired) electrons. The van der Waals surface area contributed by atoms with Crippen LogP contribution < -0.4 is 5.73 Å². The van der Waals surface area contributed by atoms with Gasteiger partial charge in [0.15, 0.2) is 0 Å². The van der Waals surface area contributed by atoms with E-state index < -0.39 is 4.92 Å². The van der Waals surface area contributed by atoms with Gasteiger partial charge in [0.1, 0.15) is 0 Å². The maximum atomic E-state index is 10.8. The molecular formula is C13H19N3O3. The highest BCUT2D eigenvalue weighted by molar-refractivity contribution is 5.52. The third-order valence-corrected chi connectivity index (χ3v) is 3.53. The molecule has 104 valence electrons. The lowest BCUT2D eigenvalue weighted by Gasteiger charge is -2.32. The van der Waals surface area contributed by atoms with E-state index in [1.807, 2.05) is 0 Å². The van der Waals surface area contributed by atoms with Gasteiger partial charge in [0.2, 0.25) is 0 Å². The first-order valence-electron chi connectivity index (χ1n) is 6.38. The zero-order valence-corrected chi connectivity index (χ0v) is 11.0. The van der Waals surface area contributed by atoms with Crippen molar-refractivity contribution in [1.29, 1.82) is 0 Å². The molecule has 0 aliphatic carbocycles. The van der Waals surface area contributed by atoms with Gasteiger partial charge in [0.05, 0.1) is 11.0 Å². The van der Waals surface area contributed by atoms with Gasteiger partial charge in [-0.15, -0.1) is 0 Å². The number of hydrogen-bond donors (Lipinski definition) is 1. The summed E-state index contributed by atoms with van der Waals surface area (Å²) in [6.45, 7) is 2.45. The van der Waals surface area contributed by atoms with Crippen LogP contribution in [0.15, 0.2) is 18.2 Å². The number of nitrogens with two attached hydrogens (primary N) is 1. The van der Waals surface area contributed by atoms with Crippen LogP contribution in [0.25, 0.3) is 0 Å². The molecule has 1 saturated heterocycles. The quantitative estimate of drug-likeness (QED) is 0.510. The van der Waals surface area contributed by atoms with Gasteiger partial charge in [0.25, 0.3) is 5.69 Å². The number of nitrogens with zero attached hydrogens (tertiary/aromatic N) is 2. The summed E-state index contributed by atoms with van der Waals surface area (Å²) in [5, 5.41) is 10.8. The Hall–Kier alpha value is -1.66. The van der Waals surface area contributed by atoms with E-state index in [0.29, 0.717) is 12.2 Å². The van der Waals surface area contributed by atoms with Crippen molar-refractivity contribution >= 4 is 11.4 Å². The molecule has 0 amide bonds. The van der Waals surface area contributed by atoms with Gasteiger partial charge in [0, 0.05) is 38.0 Å². The van der Waals surface area contributed by atoms with Crippen LogP contribution in [0.1, 0.15) is 18.4 Å². The lowest BCUT2D eigenvalue weighted by molar-refractivity contribution is -0.384. The minimum atomic E-state index is -0.392. The van der Waals surface area contributed by atoms with Gasteiger partial charge in [-0.25, -0.2) is 0 Å². The van der Waals surface area contributed by atoms with Crippen molar-refractivity contribution in [2.45, 2.75) is 25.5 Å². The summed E-state index contributed by atoms with van der Waals surface area (Å²) in [4.78, 5) is 12.6. The second kappa shape index (κ2) is 5.99. The molecule has 1 aliphatic rings. The number of hydrogen-bond acceptors (Lipinski definition) is 5. The molecule has 0 saturated carbocycles. The molecule has 1 unspecified atom stereocenters. The Kier molecular flexibility index (Phi) is 4.34. The Morgan fingerprint density at radius 2 is 2.37 bits per heavy atom. The van der Waals surface area contributed by atoms with E-state index in [2.05, 4.69) is 4.90 Å². The van der Waals surface area contributed by atoms with Gasteiger partial charge in [-0.3, -0.25) is 15.0 Å². The topological polar surface area (TPSA) is 81.6 Å². The number of methoxy groups -OCH3 is 1. The second-order valence-electron chi connectivity index (χ2n) is 4.88. The molecule has 1 fully saturated rings. The second-order valence-corrected chi connectivity index (χ2v) is 4.88. The first-order chi connectivity index (χ1) is 9.10. The minimum absolute atomic E-state index is 0.0875. The molecular weight excluding hydrogens is 246 g/mol. The Balaban J connectivity index is 2.09. The Morgan fingerprint density at radius 1 is 1.58 bits per heavy atom. The molecule has 1 aromatic carbocycles. The van der Waals surface area contributed by atoms with Gasteiger partial charge < -0.3 is 10.5 Å². The van der Waals surface area contributed by atoms with Gasteiger partial charge >= 0.3 is 0 Å². The van der Waals surface area contributed by atoms with Gasteiger partial charge in [-0.05, 0) is 31.0 Å². The zero-order chi connectivity index (χ0) is 13.8. The molecule has 6 heteroatoms. The van der Waals surface area contributed by atoms with Crippen LogP contribution in [0, 0.1) is 10.1 Å². The molecule has 2 rings (SSSR count). The number of piperidine rings is 1. The summed E-state index contributed by atoms with van der Waals surface area (Å²) in [5.74, 6) is 0. The number of likely N-dealkylation sites (tertiary alicyclic amines) is 1. The zero-order valence-electron chi connectivity index (χ0n) is 11.0. The van der Waals surface area contributed by atoms with Crippen molar-refractivity contribution in [2.24, 2.45) is 0 Å². The van der Waals surface area contributed by atoms with Crippen molar-refractivity contribution in [3.63, 3.8) is 0 Å². The van der Waals surface area contributed by atoms with E-state index in [9.17, 15) is 10.1 Å². The molecule has 6 nitrogen and oxygen atoms in total. The molecule has 0 bridgehead atoms. The Labute approximate surface area is 112 Å². The number of non-ortho nitro benzene ring substituents is 1. The van der Waals surface area contributed by atoms with Crippen LogP contribution in [0.4, 0.5) is 11.4 Å². The van der Waals surface area contributed by atoms with E-state index in [0.717, 1.165) is 31.5 Å². The molecule has 1 aromatic rings. The normalized spacial score (nSPS) is 20.4. The summed E-state index contributed by atoms with van der Waals surface area (Å²) in [7, 11) is 1.72. The molecule has 2 N–H and O–H groups in total. The number of rotatable bonds is 4. The SMILES string of the molecule is COC1CCCN(Cc2cc([N+](=O)[O-])ccc2N)C1. The van der Waals surface area contributed by atoms with Gasteiger partial charge in [-0.1, -0.05) is 0 Å². The predicted octanol–water partition coefficient (Wildman–Crippen LogP) is 1.79. The summed E-state index contributed by atoms with van der Waals surface area (Å²) < 4.78 is 5.37. The minimum Gasteiger partial charge on any atom is -0.398 e. The molecule has 19 heavy (non-hydrogen) atoms. The number of ether oxygens (including phenoxy) is 1. The molecule has 1 atom stereocenters. The average Bonchev–Trinajstić information content (AvgIpc) is 2.41. The van der Waals surface area contributed by atoms with Crippen LogP contribution in [-0.2, 0) is 11.3 Å². The first kappa shape index (κ1) is 13.8. The average molecular weight is 265 g/mol. The maximum absolute atomic E-state index is 10.8.